The molecule has 2 aromatic rings. The highest BCUT2D eigenvalue weighted by molar-refractivity contribution is 6.30. The largest absolute Gasteiger partial charge is 0.306 e. The molecule has 0 heterocycles. The fourth-order valence-corrected chi connectivity index (χ4v) is 3.10. The van der Waals surface area contributed by atoms with Crippen LogP contribution in [-0.4, -0.2) is 6.54 Å². The minimum absolute atomic E-state index is 0.225. The molecule has 0 saturated heterocycles. The van der Waals surface area contributed by atoms with Gasteiger partial charge in [0.25, 0.3) is 0 Å². The zero-order chi connectivity index (χ0) is 15.4. The smallest absolute Gasteiger partial charge is 0.0581 e. The van der Waals surface area contributed by atoms with Crippen LogP contribution in [0.5, 0.6) is 0 Å². The van der Waals surface area contributed by atoms with Crippen LogP contribution in [0.3, 0.4) is 0 Å². The van der Waals surface area contributed by atoms with E-state index in [1.165, 1.54) is 27.8 Å². The number of benzene rings is 2. The van der Waals surface area contributed by atoms with Gasteiger partial charge in [-0.25, -0.2) is 0 Å². The van der Waals surface area contributed by atoms with Crippen LogP contribution >= 0.6 is 11.6 Å². The first-order valence-electron chi connectivity index (χ1n) is 7.59. The average molecular weight is 302 g/mol. The molecule has 112 valence electrons. The van der Waals surface area contributed by atoms with Crippen molar-refractivity contribution >= 4 is 11.6 Å². The van der Waals surface area contributed by atoms with E-state index in [1.807, 2.05) is 12.1 Å². The maximum absolute atomic E-state index is 6.03. The van der Waals surface area contributed by atoms with Crippen LogP contribution in [0.15, 0.2) is 36.4 Å². The summed E-state index contributed by atoms with van der Waals surface area (Å²) in [7, 11) is 0. The van der Waals surface area contributed by atoms with Gasteiger partial charge in [0.05, 0.1) is 6.04 Å². The Hall–Kier alpha value is -1.31. The lowest BCUT2D eigenvalue weighted by atomic mass is 9.90. The fourth-order valence-electron chi connectivity index (χ4n) is 2.98. The second-order valence-electron chi connectivity index (χ2n) is 5.75. The van der Waals surface area contributed by atoms with Gasteiger partial charge in [-0.05, 0) is 68.1 Å². The van der Waals surface area contributed by atoms with E-state index in [9.17, 15) is 0 Å². The van der Waals surface area contributed by atoms with Gasteiger partial charge in [0.1, 0.15) is 0 Å². The molecule has 1 nitrogen and oxygen atoms in total. The molecule has 1 N–H and O–H groups in total. The molecule has 2 heteroatoms. The van der Waals surface area contributed by atoms with Crippen molar-refractivity contribution in [3.05, 3.63) is 69.2 Å². The summed E-state index contributed by atoms with van der Waals surface area (Å²) in [6, 6.07) is 12.9. The normalized spacial score (nSPS) is 12.4. The topological polar surface area (TPSA) is 12.0 Å². The molecule has 1 unspecified atom stereocenters. The van der Waals surface area contributed by atoms with Gasteiger partial charge in [-0.15, -0.1) is 0 Å². The molecule has 0 aliphatic rings. The average Bonchev–Trinajstić information content (AvgIpc) is 2.42. The summed E-state index contributed by atoms with van der Waals surface area (Å²) in [6.07, 6.45) is 1.12. The Morgan fingerprint density at radius 3 is 2.10 bits per heavy atom. The van der Waals surface area contributed by atoms with Crippen molar-refractivity contribution in [1.29, 1.82) is 0 Å². The van der Waals surface area contributed by atoms with Crippen LogP contribution in [0.25, 0.3) is 0 Å². The lowest BCUT2D eigenvalue weighted by Crippen LogP contribution is -2.24. The molecule has 0 aliphatic heterocycles. The minimum atomic E-state index is 0.225. The Bertz CT molecular complexity index is 578. The van der Waals surface area contributed by atoms with Crippen molar-refractivity contribution < 1.29 is 0 Å². The number of halogens is 1. The first-order valence-corrected chi connectivity index (χ1v) is 7.97. The highest BCUT2D eigenvalue weighted by Gasteiger charge is 2.18. The third-order valence-electron chi connectivity index (χ3n) is 3.83. The minimum Gasteiger partial charge on any atom is -0.306 e. The predicted octanol–water partition coefficient (Wildman–Crippen LogP) is 5.35. The van der Waals surface area contributed by atoms with Gasteiger partial charge in [0.15, 0.2) is 0 Å². The molecule has 0 aliphatic carbocycles. The van der Waals surface area contributed by atoms with E-state index in [0.717, 1.165) is 18.0 Å². The van der Waals surface area contributed by atoms with Gasteiger partial charge in [-0.2, -0.15) is 0 Å². The van der Waals surface area contributed by atoms with Gasteiger partial charge in [-0.1, -0.05) is 48.4 Å². The van der Waals surface area contributed by atoms with E-state index in [-0.39, 0.29) is 6.04 Å². The number of hydrogen-bond donors (Lipinski definition) is 1. The molecule has 0 aromatic heterocycles. The maximum atomic E-state index is 6.03. The molecule has 2 aromatic carbocycles. The molecule has 2 rings (SSSR count). The van der Waals surface area contributed by atoms with Gasteiger partial charge in [0.2, 0.25) is 0 Å². The van der Waals surface area contributed by atoms with Crippen molar-refractivity contribution in [3.8, 4) is 0 Å². The summed E-state index contributed by atoms with van der Waals surface area (Å²) < 4.78 is 0. The Kier molecular flexibility index (Phi) is 5.44. The Morgan fingerprint density at radius 2 is 1.57 bits per heavy atom. The van der Waals surface area contributed by atoms with Crippen LogP contribution in [-0.2, 0) is 0 Å². The lowest BCUT2D eigenvalue weighted by molar-refractivity contribution is 0.594. The van der Waals surface area contributed by atoms with Crippen LogP contribution < -0.4 is 5.32 Å². The molecular formula is C19H24ClN. The predicted molar refractivity (Wildman–Crippen MR) is 92.2 cm³/mol. The molecular weight excluding hydrogens is 278 g/mol. The van der Waals surface area contributed by atoms with E-state index in [0.29, 0.717) is 0 Å². The quantitative estimate of drug-likeness (QED) is 0.784. The number of nitrogens with one attached hydrogen (secondary N) is 1. The summed E-state index contributed by atoms with van der Waals surface area (Å²) in [5, 5.41) is 4.46. The van der Waals surface area contributed by atoms with E-state index in [2.05, 4.69) is 57.3 Å². The molecule has 1 atom stereocenters. The van der Waals surface area contributed by atoms with Gasteiger partial charge in [-0.3, -0.25) is 0 Å². The zero-order valence-corrected chi connectivity index (χ0v) is 14.1. The zero-order valence-electron chi connectivity index (χ0n) is 13.3. The van der Waals surface area contributed by atoms with Gasteiger partial charge in [0, 0.05) is 5.02 Å². The standard InChI is InChI=1S/C19H24ClN/c1-5-10-21-19(16-6-8-17(20)9-7-16)18-14(3)11-13(2)12-15(18)4/h6-9,11-12,19,21H,5,10H2,1-4H3. The summed E-state index contributed by atoms with van der Waals surface area (Å²) in [5.74, 6) is 0. The van der Waals surface area contributed by atoms with Crippen molar-refractivity contribution in [3.63, 3.8) is 0 Å². The Labute approximate surface area is 133 Å². The molecule has 0 radical (unpaired) electrons. The van der Waals surface area contributed by atoms with E-state index >= 15 is 0 Å². The monoisotopic (exact) mass is 301 g/mol. The van der Waals surface area contributed by atoms with Crippen LogP contribution in [0.2, 0.25) is 5.02 Å². The number of rotatable bonds is 5. The van der Waals surface area contributed by atoms with Gasteiger partial charge >= 0.3 is 0 Å². The van der Waals surface area contributed by atoms with Crippen LogP contribution in [0.1, 0.15) is 47.2 Å². The summed E-state index contributed by atoms with van der Waals surface area (Å²) in [4.78, 5) is 0. The molecule has 0 fully saturated rings. The Balaban J connectivity index is 2.47. The highest BCUT2D eigenvalue weighted by atomic mass is 35.5. The lowest BCUT2D eigenvalue weighted by Gasteiger charge is -2.24. The second kappa shape index (κ2) is 7.11. The van der Waals surface area contributed by atoms with E-state index in [4.69, 9.17) is 11.6 Å². The third kappa shape index (κ3) is 3.87. The van der Waals surface area contributed by atoms with E-state index in [1.54, 1.807) is 0 Å². The second-order valence-corrected chi connectivity index (χ2v) is 6.19. The fraction of sp³-hybridized carbons (Fsp3) is 0.368. The summed E-state index contributed by atoms with van der Waals surface area (Å²) in [6.45, 7) is 9.75. The van der Waals surface area contributed by atoms with Gasteiger partial charge < -0.3 is 5.32 Å². The molecule has 0 amide bonds. The van der Waals surface area contributed by atoms with Crippen molar-refractivity contribution in [2.45, 2.75) is 40.2 Å². The summed E-state index contributed by atoms with van der Waals surface area (Å²) in [5.41, 5.74) is 6.66. The molecule has 0 spiro atoms. The first-order chi connectivity index (χ1) is 10.0. The van der Waals surface area contributed by atoms with Crippen LogP contribution in [0, 0.1) is 20.8 Å². The van der Waals surface area contributed by atoms with Crippen molar-refractivity contribution in [2.24, 2.45) is 0 Å². The summed E-state index contributed by atoms with van der Waals surface area (Å²) >= 11 is 6.03. The molecule has 0 saturated carbocycles. The SMILES string of the molecule is CCCNC(c1ccc(Cl)cc1)c1c(C)cc(C)cc1C. The van der Waals surface area contributed by atoms with Crippen molar-refractivity contribution in [1.82, 2.24) is 5.32 Å². The maximum Gasteiger partial charge on any atom is 0.0581 e. The Morgan fingerprint density at radius 1 is 1.00 bits per heavy atom. The third-order valence-corrected chi connectivity index (χ3v) is 4.08. The molecule has 0 bridgehead atoms. The molecule has 21 heavy (non-hydrogen) atoms. The number of hydrogen-bond acceptors (Lipinski definition) is 1. The van der Waals surface area contributed by atoms with Crippen molar-refractivity contribution in [2.75, 3.05) is 6.54 Å². The first kappa shape index (κ1) is 16.1. The van der Waals surface area contributed by atoms with E-state index < -0.39 is 0 Å². The number of aryl methyl sites for hydroxylation is 3. The van der Waals surface area contributed by atoms with Crippen LogP contribution in [0.4, 0.5) is 0 Å². The highest BCUT2D eigenvalue weighted by Crippen LogP contribution is 2.29.